The van der Waals surface area contributed by atoms with Gasteiger partial charge in [0.25, 0.3) is 0 Å². The fourth-order valence-electron chi connectivity index (χ4n) is 1.71. The Labute approximate surface area is 108 Å². The van der Waals surface area contributed by atoms with E-state index in [2.05, 4.69) is 43.5 Å². The minimum absolute atomic E-state index is 0.00410. The van der Waals surface area contributed by atoms with Crippen molar-refractivity contribution in [2.45, 2.75) is 13.0 Å². The third-order valence-corrected chi connectivity index (χ3v) is 3.18. The number of aryl methyl sites for hydroxylation is 1. The molecule has 6 heteroatoms. The molecule has 2 aromatic heterocycles. The molecule has 0 aliphatic heterocycles. The molecular formula is C11H14BrN5. The normalized spacial score (nSPS) is 12.6. The van der Waals surface area contributed by atoms with Gasteiger partial charge in [-0.15, -0.1) is 5.10 Å². The summed E-state index contributed by atoms with van der Waals surface area (Å²) in [5.74, 6) is 0. The molecule has 0 saturated heterocycles. The summed E-state index contributed by atoms with van der Waals surface area (Å²) >= 11 is 3.52. The molecule has 0 spiro atoms. The number of hydrogen-bond donors (Lipinski definition) is 1. The van der Waals surface area contributed by atoms with Crippen molar-refractivity contribution < 1.29 is 0 Å². The van der Waals surface area contributed by atoms with Crippen molar-refractivity contribution in [3.05, 3.63) is 40.4 Å². The lowest BCUT2D eigenvalue weighted by atomic mass is 10.1. The smallest absolute Gasteiger partial charge is 0.0949 e. The Morgan fingerprint density at radius 3 is 2.94 bits per heavy atom. The van der Waals surface area contributed by atoms with Crippen LogP contribution >= 0.6 is 15.9 Å². The molecule has 2 heterocycles. The van der Waals surface area contributed by atoms with Gasteiger partial charge in [-0.1, -0.05) is 12.1 Å². The molecule has 0 fully saturated rings. The average molecular weight is 296 g/mol. The van der Waals surface area contributed by atoms with E-state index in [0.717, 1.165) is 22.4 Å². The molecule has 2 rings (SSSR count). The first-order chi connectivity index (χ1) is 8.24. The molecule has 1 N–H and O–H groups in total. The van der Waals surface area contributed by atoms with Crippen molar-refractivity contribution in [2.24, 2.45) is 7.05 Å². The zero-order chi connectivity index (χ0) is 12.3. The second-order valence-electron chi connectivity index (χ2n) is 3.64. The van der Waals surface area contributed by atoms with Gasteiger partial charge in [0.1, 0.15) is 0 Å². The standard InChI is InChI=1S/C11H14BrN5/c1-3-13-11(9-7-15-16-17(9)2)10-8(12)5-4-6-14-10/h4-7,11,13H,3H2,1-2H3. The van der Waals surface area contributed by atoms with E-state index in [1.807, 2.05) is 19.2 Å². The maximum atomic E-state index is 4.42. The Morgan fingerprint density at radius 2 is 2.35 bits per heavy atom. The molecule has 0 aromatic carbocycles. The largest absolute Gasteiger partial charge is 0.304 e. The fourth-order valence-corrected chi connectivity index (χ4v) is 2.20. The number of aromatic nitrogens is 4. The van der Waals surface area contributed by atoms with Crippen LogP contribution in [0.25, 0.3) is 0 Å². The van der Waals surface area contributed by atoms with E-state index in [0.29, 0.717) is 0 Å². The zero-order valence-electron chi connectivity index (χ0n) is 9.76. The Hall–Kier alpha value is -1.27. The number of rotatable bonds is 4. The molecule has 0 amide bonds. The molecule has 17 heavy (non-hydrogen) atoms. The number of nitrogens with one attached hydrogen (secondary N) is 1. The Balaban J connectivity index is 2.43. The van der Waals surface area contributed by atoms with E-state index < -0.39 is 0 Å². The summed E-state index contributed by atoms with van der Waals surface area (Å²) in [6.45, 7) is 2.91. The number of halogens is 1. The van der Waals surface area contributed by atoms with Crippen LogP contribution in [0.4, 0.5) is 0 Å². The first-order valence-electron chi connectivity index (χ1n) is 5.42. The summed E-state index contributed by atoms with van der Waals surface area (Å²) in [6, 6.07) is 3.88. The lowest BCUT2D eigenvalue weighted by Crippen LogP contribution is -2.25. The average Bonchev–Trinajstić information content (AvgIpc) is 2.74. The monoisotopic (exact) mass is 295 g/mol. The van der Waals surface area contributed by atoms with Crippen LogP contribution in [0.15, 0.2) is 29.0 Å². The highest BCUT2D eigenvalue weighted by atomic mass is 79.9. The van der Waals surface area contributed by atoms with Crippen molar-refractivity contribution >= 4 is 15.9 Å². The van der Waals surface area contributed by atoms with Crippen LogP contribution in [0.1, 0.15) is 24.4 Å². The van der Waals surface area contributed by atoms with Crippen LogP contribution in [0, 0.1) is 0 Å². The molecular weight excluding hydrogens is 282 g/mol. The van der Waals surface area contributed by atoms with Gasteiger partial charge in [0.05, 0.1) is 23.6 Å². The van der Waals surface area contributed by atoms with Gasteiger partial charge in [-0.3, -0.25) is 9.67 Å². The first kappa shape index (κ1) is 12.2. The van der Waals surface area contributed by atoms with Crippen LogP contribution < -0.4 is 5.32 Å². The topological polar surface area (TPSA) is 55.6 Å². The van der Waals surface area contributed by atoms with Crippen molar-refractivity contribution in [1.29, 1.82) is 0 Å². The van der Waals surface area contributed by atoms with Crippen molar-refractivity contribution in [3.63, 3.8) is 0 Å². The highest BCUT2D eigenvalue weighted by Gasteiger charge is 2.20. The third kappa shape index (κ3) is 2.53. The predicted octanol–water partition coefficient (Wildman–Crippen LogP) is 1.67. The summed E-state index contributed by atoms with van der Waals surface area (Å²) in [5.41, 5.74) is 1.94. The van der Waals surface area contributed by atoms with E-state index in [4.69, 9.17) is 0 Å². The van der Waals surface area contributed by atoms with Crippen LogP contribution in [-0.2, 0) is 7.05 Å². The molecule has 5 nitrogen and oxygen atoms in total. The highest BCUT2D eigenvalue weighted by molar-refractivity contribution is 9.10. The third-order valence-electron chi connectivity index (χ3n) is 2.51. The van der Waals surface area contributed by atoms with E-state index in [9.17, 15) is 0 Å². The maximum Gasteiger partial charge on any atom is 0.0949 e. The molecule has 0 saturated carbocycles. The second kappa shape index (κ2) is 5.37. The molecule has 0 aliphatic carbocycles. The molecule has 1 atom stereocenters. The van der Waals surface area contributed by atoms with E-state index in [1.165, 1.54) is 0 Å². The number of hydrogen-bond acceptors (Lipinski definition) is 4. The SMILES string of the molecule is CCNC(c1ncccc1Br)c1cnnn1C. The quantitative estimate of drug-likeness (QED) is 0.932. The summed E-state index contributed by atoms with van der Waals surface area (Å²) < 4.78 is 2.74. The van der Waals surface area contributed by atoms with Gasteiger partial charge >= 0.3 is 0 Å². The van der Waals surface area contributed by atoms with Gasteiger partial charge in [0.15, 0.2) is 0 Å². The van der Waals surface area contributed by atoms with E-state index >= 15 is 0 Å². The van der Waals surface area contributed by atoms with Crippen molar-refractivity contribution in [1.82, 2.24) is 25.3 Å². The van der Waals surface area contributed by atoms with Crippen LogP contribution in [0.2, 0.25) is 0 Å². The summed E-state index contributed by atoms with van der Waals surface area (Å²) in [4.78, 5) is 4.42. The van der Waals surface area contributed by atoms with Crippen LogP contribution in [0.3, 0.4) is 0 Å². The lowest BCUT2D eigenvalue weighted by molar-refractivity contribution is 0.556. The lowest BCUT2D eigenvalue weighted by Gasteiger charge is -2.18. The van der Waals surface area contributed by atoms with Gasteiger partial charge in [-0.05, 0) is 34.6 Å². The molecule has 2 aromatic rings. The highest BCUT2D eigenvalue weighted by Crippen LogP contribution is 2.25. The van der Waals surface area contributed by atoms with Crippen molar-refractivity contribution in [3.8, 4) is 0 Å². The van der Waals surface area contributed by atoms with Crippen LogP contribution in [-0.4, -0.2) is 26.5 Å². The molecule has 90 valence electrons. The summed E-state index contributed by atoms with van der Waals surface area (Å²) in [6.07, 6.45) is 3.54. The van der Waals surface area contributed by atoms with E-state index in [1.54, 1.807) is 17.1 Å². The molecule has 1 unspecified atom stereocenters. The minimum atomic E-state index is -0.00410. The first-order valence-corrected chi connectivity index (χ1v) is 6.21. The van der Waals surface area contributed by atoms with Gasteiger partial charge in [-0.2, -0.15) is 0 Å². The van der Waals surface area contributed by atoms with Crippen LogP contribution in [0.5, 0.6) is 0 Å². The Kier molecular flexibility index (Phi) is 3.86. The van der Waals surface area contributed by atoms with Gasteiger partial charge in [0, 0.05) is 17.7 Å². The number of pyridine rings is 1. The number of nitrogens with zero attached hydrogens (tertiary/aromatic N) is 4. The Morgan fingerprint density at radius 1 is 1.53 bits per heavy atom. The summed E-state index contributed by atoms with van der Waals surface area (Å²) in [5, 5.41) is 11.3. The maximum absolute atomic E-state index is 4.42. The van der Waals surface area contributed by atoms with Gasteiger partial charge < -0.3 is 5.32 Å². The molecule has 0 radical (unpaired) electrons. The molecule has 0 aliphatic rings. The Bertz CT molecular complexity index is 496. The van der Waals surface area contributed by atoms with E-state index in [-0.39, 0.29) is 6.04 Å². The molecule has 0 bridgehead atoms. The minimum Gasteiger partial charge on any atom is -0.304 e. The summed E-state index contributed by atoms with van der Waals surface area (Å²) in [7, 11) is 1.88. The predicted molar refractivity (Wildman–Crippen MR) is 68.5 cm³/mol. The van der Waals surface area contributed by atoms with Crippen molar-refractivity contribution in [2.75, 3.05) is 6.54 Å². The second-order valence-corrected chi connectivity index (χ2v) is 4.50. The fraction of sp³-hybridized carbons (Fsp3) is 0.364. The van der Waals surface area contributed by atoms with Gasteiger partial charge in [0.2, 0.25) is 0 Å². The zero-order valence-corrected chi connectivity index (χ0v) is 11.3. The van der Waals surface area contributed by atoms with Gasteiger partial charge in [-0.25, -0.2) is 0 Å².